The largest absolute Gasteiger partial charge is 0.366 e. The predicted octanol–water partition coefficient (Wildman–Crippen LogP) is 4.50. The summed E-state index contributed by atoms with van der Waals surface area (Å²) in [5.74, 6) is -0.998. The molecule has 2 N–H and O–H groups in total. The molecule has 8 heteroatoms. The van der Waals surface area contributed by atoms with Crippen LogP contribution in [0.5, 0.6) is 0 Å². The highest BCUT2D eigenvalue weighted by molar-refractivity contribution is 8.27. The highest BCUT2D eigenvalue weighted by Crippen LogP contribution is 2.39. The van der Waals surface area contributed by atoms with Gasteiger partial charge >= 0.3 is 0 Å². The van der Waals surface area contributed by atoms with Crippen molar-refractivity contribution >= 4 is 75.1 Å². The van der Waals surface area contributed by atoms with Crippen LogP contribution in [0, 0.1) is 0 Å². The van der Waals surface area contributed by atoms with Gasteiger partial charge in [-0.1, -0.05) is 65.4 Å². The van der Waals surface area contributed by atoms with Crippen molar-refractivity contribution in [3.8, 4) is 0 Å². The van der Waals surface area contributed by atoms with Crippen LogP contribution in [-0.2, 0) is 4.79 Å². The molecule has 3 rings (SSSR count). The Hall–Kier alpha value is -1.86. The first kappa shape index (κ1) is 17.9. The lowest BCUT2D eigenvalue weighted by atomic mass is 10.1. The van der Waals surface area contributed by atoms with Gasteiger partial charge in [-0.15, -0.1) is 0 Å². The van der Waals surface area contributed by atoms with E-state index in [2.05, 4.69) is 0 Å². The van der Waals surface area contributed by atoms with Crippen molar-refractivity contribution in [1.29, 1.82) is 0 Å². The van der Waals surface area contributed by atoms with Crippen molar-refractivity contribution in [2.45, 2.75) is 0 Å². The van der Waals surface area contributed by atoms with Gasteiger partial charge in [0.1, 0.15) is 0 Å². The molecular weight excluding hydrogens is 399 g/mol. The summed E-state index contributed by atoms with van der Waals surface area (Å²) >= 11 is 18.7. The third-order valence-corrected chi connectivity index (χ3v) is 5.44. The zero-order chi connectivity index (χ0) is 18.1. The minimum absolute atomic E-state index is 0.218. The number of halogens is 2. The van der Waals surface area contributed by atoms with Gasteiger partial charge in [-0.2, -0.15) is 0 Å². The van der Waals surface area contributed by atoms with E-state index in [4.69, 9.17) is 41.2 Å². The van der Waals surface area contributed by atoms with Crippen molar-refractivity contribution in [1.82, 2.24) is 0 Å². The number of amides is 2. The average molecular weight is 409 g/mol. The first-order valence-corrected chi connectivity index (χ1v) is 8.99. The van der Waals surface area contributed by atoms with E-state index < -0.39 is 5.91 Å². The number of benzene rings is 2. The minimum atomic E-state index is -0.636. The number of nitrogens with two attached hydrogens (primary N) is 1. The molecule has 0 bridgehead atoms. The summed E-state index contributed by atoms with van der Waals surface area (Å²) in [6.45, 7) is 0. The molecule has 2 aromatic carbocycles. The second kappa shape index (κ2) is 7.17. The second-order valence-electron chi connectivity index (χ2n) is 5.03. The maximum atomic E-state index is 12.8. The fourth-order valence-electron chi connectivity index (χ4n) is 2.33. The van der Waals surface area contributed by atoms with Gasteiger partial charge in [0.25, 0.3) is 11.8 Å². The maximum Gasteiger partial charge on any atom is 0.270 e. The molecule has 2 amide bonds. The summed E-state index contributed by atoms with van der Waals surface area (Å²) in [6.07, 6.45) is 1.59. The molecule has 2 aromatic rings. The number of hydrogen-bond acceptors (Lipinski definition) is 4. The van der Waals surface area contributed by atoms with Crippen LogP contribution in [0.2, 0.25) is 10.0 Å². The van der Waals surface area contributed by atoms with Gasteiger partial charge in [-0.05, 0) is 30.3 Å². The molecule has 1 saturated heterocycles. The topological polar surface area (TPSA) is 63.4 Å². The second-order valence-corrected chi connectivity index (χ2v) is 7.52. The quantitative estimate of drug-likeness (QED) is 0.599. The normalized spacial score (nSPS) is 15.9. The minimum Gasteiger partial charge on any atom is -0.366 e. The number of carbonyl (C=O) groups excluding carboxylic acids is 2. The lowest BCUT2D eigenvalue weighted by Gasteiger charge is -2.17. The summed E-state index contributed by atoms with van der Waals surface area (Å²) in [5, 5.41) is 0.852. The lowest BCUT2D eigenvalue weighted by Crippen LogP contribution is -2.30. The van der Waals surface area contributed by atoms with E-state index in [9.17, 15) is 9.59 Å². The Morgan fingerprint density at radius 3 is 2.40 bits per heavy atom. The Labute approximate surface area is 163 Å². The Kier molecular flexibility index (Phi) is 5.15. The number of nitrogens with zero attached hydrogens (tertiary/aromatic N) is 1. The summed E-state index contributed by atoms with van der Waals surface area (Å²) < 4.78 is 0.299. The third kappa shape index (κ3) is 3.43. The van der Waals surface area contributed by atoms with E-state index in [-0.39, 0.29) is 11.5 Å². The number of hydrogen-bond donors (Lipinski definition) is 1. The number of anilines is 1. The fourth-order valence-corrected chi connectivity index (χ4v) is 4.11. The van der Waals surface area contributed by atoms with E-state index in [1.807, 2.05) is 0 Å². The van der Waals surface area contributed by atoms with Gasteiger partial charge in [0.2, 0.25) is 0 Å². The molecule has 1 aliphatic heterocycles. The van der Waals surface area contributed by atoms with Crippen LogP contribution in [0.3, 0.4) is 0 Å². The Morgan fingerprint density at radius 2 is 1.76 bits per heavy atom. The van der Waals surface area contributed by atoms with Crippen LogP contribution < -0.4 is 10.6 Å². The molecule has 0 radical (unpaired) electrons. The van der Waals surface area contributed by atoms with Gasteiger partial charge in [0.05, 0.1) is 16.2 Å². The number of primary amides is 1. The molecule has 0 atom stereocenters. The summed E-state index contributed by atoms with van der Waals surface area (Å²) in [4.78, 5) is 26.1. The van der Waals surface area contributed by atoms with Crippen molar-refractivity contribution in [3.05, 3.63) is 68.5 Å². The average Bonchev–Trinajstić information content (AvgIpc) is 2.85. The zero-order valence-electron chi connectivity index (χ0n) is 12.5. The van der Waals surface area contributed by atoms with Crippen LogP contribution in [-0.4, -0.2) is 16.1 Å². The first-order chi connectivity index (χ1) is 11.9. The monoisotopic (exact) mass is 408 g/mol. The van der Waals surface area contributed by atoms with Crippen LogP contribution in [0.15, 0.2) is 47.4 Å². The fraction of sp³-hybridized carbons (Fsp3) is 0. The van der Waals surface area contributed by atoms with Gasteiger partial charge in [-0.25, -0.2) is 0 Å². The van der Waals surface area contributed by atoms with E-state index in [0.717, 1.165) is 11.8 Å². The SMILES string of the molecule is NC(=O)c1ccccc1N1C(=O)/C(=C/c2c(Cl)cccc2Cl)SC1=S. The molecule has 0 unspecified atom stereocenters. The summed E-state index contributed by atoms with van der Waals surface area (Å²) in [6, 6.07) is 11.6. The first-order valence-electron chi connectivity index (χ1n) is 7.01. The zero-order valence-corrected chi connectivity index (χ0v) is 15.7. The van der Waals surface area contributed by atoms with Gasteiger partial charge < -0.3 is 5.73 Å². The van der Waals surface area contributed by atoms with E-state index >= 15 is 0 Å². The highest BCUT2D eigenvalue weighted by Gasteiger charge is 2.35. The van der Waals surface area contributed by atoms with Gasteiger partial charge in [0.15, 0.2) is 4.32 Å². The number of carbonyl (C=O) groups is 2. The van der Waals surface area contributed by atoms with Gasteiger partial charge in [0, 0.05) is 15.6 Å². The Balaban J connectivity index is 2.05. The summed E-state index contributed by atoms with van der Waals surface area (Å²) in [7, 11) is 0. The number of thioether (sulfide) groups is 1. The number of para-hydroxylation sites is 1. The van der Waals surface area contributed by atoms with E-state index in [0.29, 0.717) is 30.5 Å². The van der Waals surface area contributed by atoms with Gasteiger partial charge in [-0.3, -0.25) is 14.5 Å². The summed E-state index contributed by atoms with van der Waals surface area (Å²) in [5.41, 5.74) is 6.50. The third-order valence-electron chi connectivity index (χ3n) is 3.48. The molecule has 1 fully saturated rings. The molecule has 0 aromatic heterocycles. The Morgan fingerprint density at radius 1 is 1.12 bits per heavy atom. The van der Waals surface area contributed by atoms with Crippen molar-refractivity contribution < 1.29 is 9.59 Å². The van der Waals surface area contributed by atoms with Crippen molar-refractivity contribution in [3.63, 3.8) is 0 Å². The molecule has 0 saturated carbocycles. The highest BCUT2D eigenvalue weighted by atomic mass is 35.5. The molecule has 4 nitrogen and oxygen atoms in total. The standard InChI is InChI=1S/C17H10Cl2N2O2S2/c18-11-5-3-6-12(19)10(11)8-14-16(23)21(17(24)25-14)13-7-2-1-4-9(13)15(20)22/h1-8H,(H2,20,22)/b14-8-. The predicted molar refractivity (Wildman–Crippen MR) is 107 cm³/mol. The molecule has 0 spiro atoms. The van der Waals surface area contributed by atoms with E-state index in [1.165, 1.54) is 4.90 Å². The van der Waals surface area contributed by atoms with Crippen molar-refractivity contribution in [2.75, 3.05) is 4.90 Å². The number of thiocarbonyl (C=S) groups is 1. The lowest BCUT2D eigenvalue weighted by molar-refractivity contribution is -0.113. The molecule has 126 valence electrons. The van der Waals surface area contributed by atoms with Crippen LogP contribution in [0.1, 0.15) is 15.9 Å². The maximum absolute atomic E-state index is 12.8. The Bertz CT molecular complexity index is 924. The molecule has 25 heavy (non-hydrogen) atoms. The molecule has 0 aliphatic carbocycles. The molecule has 1 aliphatic rings. The van der Waals surface area contributed by atoms with Crippen LogP contribution >= 0.6 is 47.2 Å². The number of rotatable bonds is 3. The molecular formula is C17H10Cl2N2O2S2. The molecule has 1 heterocycles. The van der Waals surface area contributed by atoms with Crippen LogP contribution in [0.25, 0.3) is 6.08 Å². The van der Waals surface area contributed by atoms with Crippen molar-refractivity contribution in [2.24, 2.45) is 5.73 Å². The van der Waals surface area contributed by atoms with Crippen LogP contribution in [0.4, 0.5) is 5.69 Å². The smallest absolute Gasteiger partial charge is 0.270 e. The van der Waals surface area contributed by atoms with E-state index in [1.54, 1.807) is 48.5 Å².